The zero-order chi connectivity index (χ0) is 13.3. The molecule has 1 aliphatic heterocycles. The van der Waals surface area contributed by atoms with Crippen molar-refractivity contribution in [2.24, 2.45) is 0 Å². The van der Waals surface area contributed by atoms with Crippen molar-refractivity contribution in [3.05, 3.63) is 30.1 Å². The first-order chi connectivity index (χ1) is 9.36. The molecule has 0 aliphatic carbocycles. The molecular formula is C14H20N2OS2. The normalized spacial score (nSPS) is 18.4. The minimum absolute atomic E-state index is 0.0177. The summed E-state index contributed by atoms with van der Waals surface area (Å²) in [5.41, 5.74) is 0.641. The SMILES string of the molecule is O=C(NCCCCCC1CCSS1)c1cccnc1. The minimum Gasteiger partial charge on any atom is -0.352 e. The van der Waals surface area contributed by atoms with Gasteiger partial charge >= 0.3 is 0 Å². The van der Waals surface area contributed by atoms with Gasteiger partial charge in [0.2, 0.25) is 0 Å². The van der Waals surface area contributed by atoms with Gasteiger partial charge in [-0.3, -0.25) is 9.78 Å². The van der Waals surface area contributed by atoms with Crippen LogP contribution in [-0.4, -0.2) is 28.4 Å². The first-order valence-electron chi connectivity index (χ1n) is 6.83. The average Bonchev–Trinajstić information content (AvgIpc) is 2.96. The van der Waals surface area contributed by atoms with Crippen molar-refractivity contribution in [2.45, 2.75) is 37.4 Å². The third-order valence-corrected chi connectivity index (χ3v) is 6.15. The van der Waals surface area contributed by atoms with Crippen LogP contribution in [-0.2, 0) is 0 Å². The van der Waals surface area contributed by atoms with Gasteiger partial charge in [-0.1, -0.05) is 34.4 Å². The van der Waals surface area contributed by atoms with Crippen molar-refractivity contribution in [2.75, 3.05) is 12.3 Å². The van der Waals surface area contributed by atoms with Crippen LogP contribution in [0.15, 0.2) is 24.5 Å². The van der Waals surface area contributed by atoms with Gasteiger partial charge in [0.1, 0.15) is 0 Å². The summed E-state index contributed by atoms with van der Waals surface area (Å²) in [5, 5.41) is 3.81. The zero-order valence-corrected chi connectivity index (χ0v) is 12.6. The highest BCUT2D eigenvalue weighted by molar-refractivity contribution is 8.77. The van der Waals surface area contributed by atoms with Crippen molar-refractivity contribution in [3.8, 4) is 0 Å². The van der Waals surface area contributed by atoms with E-state index in [4.69, 9.17) is 0 Å². The smallest absolute Gasteiger partial charge is 0.252 e. The molecule has 0 spiro atoms. The lowest BCUT2D eigenvalue weighted by atomic mass is 10.1. The zero-order valence-electron chi connectivity index (χ0n) is 11.0. The molecule has 1 aromatic rings. The number of nitrogens with zero attached hydrogens (tertiary/aromatic N) is 1. The Hall–Kier alpha value is -0.680. The van der Waals surface area contributed by atoms with E-state index in [-0.39, 0.29) is 5.91 Å². The summed E-state index contributed by atoms with van der Waals surface area (Å²) >= 11 is 0. The Morgan fingerprint density at radius 1 is 1.42 bits per heavy atom. The molecule has 104 valence electrons. The Kier molecular flexibility index (Phi) is 6.57. The van der Waals surface area contributed by atoms with Gasteiger partial charge in [-0.15, -0.1) is 0 Å². The molecule has 1 unspecified atom stereocenters. The summed E-state index contributed by atoms with van der Waals surface area (Å²) in [6, 6.07) is 3.57. The second kappa shape index (κ2) is 8.48. The second-order valence-electron chi connectivity index (χ2n) is 4.68. The third kappa shape index (κ3) is 5.45. The van der Waals surface area contributed by atoms with Gasteiger partial charge in [0, 0.05) is 29.9 Å². The number of pyridine rings is 1. The van der Waals surface area contributed by atoms with E-state index < -0.39 is 0 Å². The van der Waals surface area contributed by atoms with Crippen molar-refractivity contribution in [1.29, 1.82) is 0 Å². The van der Waals surface area contributed by atoms with Crippen LogP contribution in [0.1, 0.15) is 42.5 Å². The number of carbonyl (C=O) groups is 1. The topological polar surface area (TPSA) is 42.0 Å². The molecule has 2 rings (SSSR count). The number of nitrogens with one attached hydrogen (secondary N) is 1. The minimum atomic E-state index is -0.0177. The molecule has 0 bridgehead atoms. The van der Waals surface area contributed by atoms with E-state index in [1.54, 1.807) is 24.5 Å². The Balaban J connectivity index is 1.51. The van der Waals surface area contributed by atoms with Crippen LogP contribution in [0.3, 0.4) is 0 Å². The molecule has 1 aliphatic rings. The standard InChI is InChI=1S/C14H20N2OS2/c17-14(12-5-4-8-15-11-12)16-9-3-1-2-6-13-7-10-18-19-13/h4-5,8,11,13H,1-3,6-7,9-10H2,(H,16,17). The van der Waals surface area contributed by atoms with Crippen LogP contribution in [0.5, 0.6) is 0 Å². The van der Waals surface area contributed by atoms with E-state index in [1.807, 2.05) is 21.6 Å². The van der Waals surface area contributed by atoms with Gasteiger partial charge in [-0.25, -0.2) is 0 Å². The molecule has 3 nitrogen and oxygen atoms in total. The lowest BCUT2D eigenvalue weighted by molar-refractivity contribution is 0.0952. The molecule has 19 heavy (non-hydrogen) atoms. The van der Waals surface area contributed by atoms with Crippen LogP contribution in [0.25, 0.3) is 0 Å². The summed E-state index contributed by atoms with van der Waals surface area (Å²) in [7, 11) is 4.05. The Labute approximate surface area is 122 Å². The van der Waals surface area contributed by atoms with E-state index in [9.17, 15) is 4.79 Å². The molecule has 1 fully saturated rings. The van der Waals surface area contributed by atoms with E-state index in [2.05, 4.69) is 10.3 Å². The molecule has 1 amide bonds. The molecule has 1 aromatic heterocycles. The number of rotatable bonds is 7. The highest BCUT2D eigenvalue weighted by Gasteiger charge is 2.15. The van der Waals surface area contributed by atoms with Crippen LogP contribution in [0.4, 0.5) is 0 Å². The number of carbonyl (C=O) groups excluding carboxylic acids is 1. The maximum atomic E-state index is 11.7. The predicted octanol–water partition coefficient (Wildman–Crippen LogP) is 3.53. The van der Waals surface area contributed by atoms with E-state index in [0.29, 0.717) is 5.56 Å². The fourth-order valence-corrected chi connectivity index (χ4v) is 5.07. The molecule has 5 heteroatoms. The Morgan fingerprint density at radius 2 is 2.37 bits per heavy atom. The van der Waals surface area contributed by atoms with Crippen LogP contribution < -0.4 is 5.32 Å². The summed E-state index contributed by atoms with van der Waals surface area (Å²) in [4.78, 5) is 15.7. The second-order valence-corrected chi connectivity index (χ2v) is 7.46. The maximum Gasteiger partial charge on any atom is 0.252 e. The largest absolute Gasteiger partial charge is 0.352 e. The van der Waals surface area contributed by atoms with Gasteiger partial charge in [0.15, 0.2) is 0 Å². The Morgan fingerprint density at radius 3 is 3.11 bits per heavy atom. The number of hydrogen-bond acceptors (Lipinski definition) is 4. The quantitative estimate of drug-likeness (QED) is 0.617. The van der Waals surface area contributed by atoms with Gasteiger partial charge < -0.3 is 5.32 Å². The van der Waals surface area contributed by atoms with Gasteiger partial charge in [0.25, 0.3) is 5.91 Å². The van der Waals surface area contributed by atoms with Crippen molar-refractivity contribution < 1.29 is 4.79 Å². The number of aromatic nitrogens is 1. The molecule has 0 aromatic carbocycles. The fraction of sp³-hybridized carbons (Fsp3) is 0.571. The van der Waals surface area contributed by atoms with Crippen LogP contribution >= 0.6 is 21.6 Å². The fourth-order valence-electron chi connectivity index (χ4n) is 2.04. The first kappa shape index (κ1) is 14.7. The highest BCUT2D eigenvalue weighted by atomic mass is 33.1. The van der Waals surface area contributed by atoms with Crippen molar-refractivity contribution in [1.82, 2.24) is 10.3 Å². The Bertz CT molecular complexity index is 380. The number of hydrogen-bond donors (Lipinski definition) is 1. The van der Waals surface area contributed by atoms with E-state index in [1.165, 1.54) is 31.4 Å². The van der Waals surface area contributed by atoms with E-state index >= 15 is 0 Å². The molecular weight excluding hydrogens is 276 g/mol. The molecule has 2 heterocycles. The molecule has 1 N–H and O–H groups in total. The summed E-state index contributed by atoms with van der Waals surface area (Å²) in [6.07, 6.45) is 9.52. The van der Waals surface area contributed by atoms with Gasteiger partial charge in [-0.2, -0.15) is 0 Å². The first-order valence-corrected chi connectivity index (χ1v) is 9.21. The van der Waals surface area contributed by atoms with Crippen molar-refractivity contribution in [3.63, 3.8) is 0 Å². The van der Waals surface area contributed by atoms with Crippen LogP contribution in [0.2, 0.25) is 0 Å². The number of unbranched alkanes of at least 4 members (excludes halogenated alkanes) is 2. The molecule has 0 saturated carbocycles. The van der Waals surface area contributed by atoms with Gasteiger partial charge in [0.05, 0.1) is 5.56 Å². The molecule has 1 atom stereocenters. The number of amides is 1. The van der Waals surface area contributed by atoms with Crippen molar-refractivity contribution >= 4 is 27.5 Å². The average molecular weight is 296 g/mol. The highest BCUT2D eigenvalue weighted by Crippen LogP contribution is 2.39. The summed E-state index contributed by atoms with van der Waals surface area (Å²) in [5.74, 6) is 1.30. The predicted molar refractivity (Wildman–Crippen MR) is 83.5 cm³/mol. The lowest BCUT2D eigenvalue weighted by Crippen LogP contribution is -2.24. The molecule has 0 radical (unpaired) electrons. The van der Waals surface area contributed by atoms with Gasteiger partial charge in [-0.05, 0) is 31.4 Å². The third-order valence-electron chi connectivity index (χ3n) is 3.14. The lowest BCUT2D eigenvalue weighted by Gasteiger charge is -2.07. The summed E-state index contributed by atoms with van der Waals surface area (Å²) < 4.78 is 0. The van der Waals surface area contributed by atoms with Crippen LogP contribution in [0, 0.1) is 0 Å². The molecule has 1 saturated heterocycles. The monoisotopic (exact) mass is 296 g/mol. The maximum absolute atomic E-state index is 11.7. The van der Waals surface area contributed by atoms with E-state index in [0.717, 1.165) is 18.2 Å². The summed E-state index contributed by atoms with van der Waals surface area (Å²) in [6.45, 7) is 0.764.